The highest BCUT2D eigenvalue weighted by molar-refractivity contribution is 9.24. The molecule has 0 bridgehead atoms. The Bertz CT molecular complexity index is 534. The van der Waals surface area contributed by atoms with E-state index in [0.29, 0.717) is 23.7 Å². The van der Waals surface area contributed by atoms with E-state index in [-0.39, 0.29) is 9.30 Å². The number of nitrogens with zero attached hydrogens (tertiary/aromatic N) is 2. The summed E-state index contributed by atoms with van der Waals surface area (Å²) in [5.41, 5.74) is 0.587. The number of H-pyrrole nitrogens is 2. The second-order valence-electron chi connectivity index (χ2n) is 3.12. The summed E-state index contributed by atoms with van der Waals surface area (Å²) in [6.45, 7) is 0.694. The van der Waals surface area contributed by atoms with Crippen LogP contribution in [0.3, 0.4) is 0 Å². The largest absolute Gasteiger partial charge is 0.356 e. The van der Waals surface area contributed by atoms with Gasteiger partial charge in [-0.15, -0.1) is 0 Å². The van der Waals surface area contributed by atoms with Gasteiger partial charge in [0.2, 0.25) is 5.95 Å². The third-order valence-electron chi connectivity index (χ3n) is 1.95. The van der Waals surface area contributed by atoms with Crippen molar-refractivity contribution < 1.29 is 0 Å². The summed E-state index contributed by atoms with van der Waals surface area (Å²) in [6.07, 6.45) is 2.31. The van der Waals surface area contributed by atoms with Gasteiger partial charge in [-0.3, -0.25) is 9.78 Å². The van der Waals surface area contributed by atoms with E-state index in [2.05, 4.69) is 57.1 Å². The molecule has 0 aliphatic heterocycles. The molecule has 0 aliphatic carbocycles. The molecule has 0 aliphatic rings. The van der Waals surface area contributed by atoms with Gasteiger partial charge in [0.05, 0.1) is 10.1 Å². The summed E-state index contributed by atoms with van der Waals surface area (Å²) in [7, 11) is 0. The fraction of sp³-hybridized carbons (Fsp3) is 0.375. The Balaban J connectivity index is 2.16. The zero-order valence-electron chi connectivity index (χ0n) is 8.13. The number of rotatable bonds is 4. The van der Waals surface area contributed by atoms with Crippen molar-refractivity contribution in [3.8, 4) is 0 Å². The molecule has 0 saturated carbocycles. The van der Waals surface area contributed by atoms with Gasteiger partial charge in [-0.1, -0.05) is 31.9 Å². The fourth-order valence-corrected chi connectivity index (χ4v) is 1.68. The summed E-state index contributed by atoms with van der Waals surface area (Å²) in [4.78, 5) is 25.0. The second-order valence-corrected chi connectivity index (χ2v) is 6.56. The molecule has 2 aromatic heterocycles. The summed E-state index contributed by atoms with van der Waals surface area (Å²) >= 11 is 6.73. The van der Waals surface area contributed by atoms with Crippen LogP contribution >= 0.6 is 31.9 Å². The molecule has 0 saturated heterocycles. The maximum absolute atomic E-state index is 11.5. The minimum Gasteiger partial charge on any atom is -0.356 e. The van der Waals surface area contributed by atoms with Crippen LogP contribution in [-0.4, -0.2) is 30.2 Å². The van der Waals surface area contributed by atoms with Crippen molar-refractivity contribution >= 4 is 49.0 Å². The van der Waals surface area contributed by atoms with Crippen LogP contribution < -0.4 is 10.9 Å². The van der Waals surface area contributed by atoms with Crippen LogP contribution in [-0.2, 0) is 0 Å². The Morgan fingerprint density at radius 2 is 2.31 bits per heavy atom. The first kappa shape index (κ1) is 11.6. The lowest BCUT2D eigenvalue weighted by atomic mass is 10.5. The van der Waals surface area contributed by atoms with E-state index in [1.165, 1.54) is 6.33 Å². The van der Waals surface area contributed by atoms with Crippen molar-refractivity contribution in [1.82, 2.24) is 19.9 Å². The highest BCUT2D eigenvalue weighted by atomic mass is 79.9. The monoisotopic (exact) mass is 349 g/mol. The van der Waals surface area contributed by atoms with Crippen molar-refractivity contribution in [2.45, 2.75) is 10.2 Å². The number of hydrogen-bond acceptors (Lipinski definition) is 4. The number of hydrogen-bond donors (Lipinski definition) is 3. The van der Waals surface area contributed by atoms with Crippen LogP contribution in [0.2, 0.25) is 0 Å². The molecule has 0 fully saturated rings. The molecule has 86 valence electrons. The molecule has 0 aromatic carbocycles. The van der Waals surface area contributed by atoms with Crippen LogP contribution in [0.4, 0.5) is 5.95 Å². The minimum absolute atomic E-state index is 0.223. The SMILES string of the molecule is O=c1[nH]c(NCCC(Br)Br)nc2nc[nH]c12. The summed E-state index contributed by atoms with van der Waals surface area (Å²) in [6, 6.07) is 0. The van der Waals surface area contributed by atoms with Crippen molar-refractivity contribution in [2.24, 2.45) is 0 Å². The predicted octanol–water partition coefficient (Wildman–Crippen LogP) is 1.56. The molecule has 0 atom stereocenters. The maximum atomic E-state index is 11.5. The molecule has 3 N–H and O–H groups in total. The van der Waals surface area contributed by atoms with E-state index in [1.54, 1.807) is 0 Å². The lowest BCUT2D eigenvalue weighted by molar-refractivity contribution is 0.949. The number of anilines is 1. The predicted molar refractivity (Wildman–Crippen MR) is 69.3 cm³/mol. The van der Waals surface area contributed by atoms with Crippen molar-refractivity contribution in [3.63, 3.8) is 0 Å². The van der Waals surface area contributed by atoms with E-state index >= 15 is 0 Å². The molecule has 0 radical (unpaired) electrons. The lowest BCUT2D eigenvalue weighted by Gasteiger charge is -2.04. The minimum atomic E-state index is -0.223. The Morgan fingerprint density at radius 3 is 3.06 bits per heavy atom. The van der Waals surface area contributed by atoms with Gasteiger partial charge in [0.15, 0.2) is 11.2 Å². The zero-order chi connectivity index (χ0) is 11.5. The Kier molecular flexibility index (Phi) is 3.59. The van der Waals surface area contributed by atoms with Gasteiger partial charge in [0, 0.05) is 6.54 Å². The Hall–Kier alpha value is -0.890. The summed E-state index contributed by atoms with van der Waals surface area (Å²) in [5.74, 6) is 0.435. The van der Waals surface area contributed by atoms with Gasteiger partial charge in [0.1, 0.15) is 0 Å². The molecule has 2 aromatic rings. The summed E-state index contributed by atoms with van der Waals surface area (Å²) < 4.78 is 0.244. The lowest BCUT2D eigenvalue weighted by Crippen LogP contribution is -2.14. The van der Waals surface area contributed by atoms with E-state index in [4.69, 9.17) is 0 Å². The number of fused-ring (bicyclic) bond motifs is 1. The molecule has 0 unspecified atom stereocenters. The molecular formula is C8H9Br2N5O. The van der Waals surface area contributed by atoms with Crippen LogP contribution in [0, 0.1) is 0 Å². The van der Waals surface area contributed by atoms with E-state index < -0.39 is 0 Å². The average molecular weight is 351 g/mol. The molecule has 0 amide bonds. The molecular weight excluding hydrogens is 342 g/mol. The number of aromatic nitrogens is 4. The normalized spacial score (nSPS) is 11.2. The number of aromatic amines is 2. The first-order valence-corrected chi connectivity index (χ1v) is 6.45. The number of nitrogens with one attached hydrogen (secondary N) is 3. The van der Waals surface area contributed by atoms with Crippen molar-refractivity contribution in [3.05, 3.63) is 16.7 Å². The maximum Gasteiger partial charge on any atom is 0.278 e. The van der Waals surface area contributed by atoms with Crippen molar-refractivity contribution in [2.75, 3.05) is 11.9 Å². The number of alkyl halides is 2. The van der Waals surface area contributed by atoms with Gasteiger partial charge in [-0.05, 0) is 6.42 Å². The molecule has 16 heavy (non-hydrogen) atoms. The van der Waals surface area contributed by atoms with Crippen LogP contribution in [0.25, 0.3) is 11.2 Å². The van der Waals surface area contributed by atoms with Gasteiger partial charge in [-0.25, -0.2) is 4.98 Å². The van der Waals surface area contributed by atoms with Gasteiger partial charge in [0.25, 0.3) is 5.56 Å². The van der Waals surface area contributed by atoms with Crippen LogP contribution in [0.1, 0.15) is 6.42 Å². The topological polar surface area (TPSA) is 86.5 Å². The standard InChI is InChI=1S/C8H9Br2N5O/c9-4(10)1-2-11-8-14-6-5(7(16)15-8)12-3-13-6/h3-4H,1-2H2,(H3,11,12,13,14,15,16). The van der Waals surface area contributed by atoms with E-state index in [1.807, 2.05) is 0 Å². The molecule has 2 heterocycles. The third-order valence-corrected chi connectivity index (χ3v) is 2.87. The first-order chi connectivity index (χ1) is 7.66. The number of halogens is 2. The van der Waals surface area contributed by atoms with Crippen LogP contribution in [0.5, 0.6) is 0 Å². The van der Waals surface area contributed by atoms with E-state index in [0.717, 1.165) is 6.42 Å². The van der Waals surface area contributed by atoms with Crippen molar-refractivity contribution in [1.29, 1.82) is 0 Å². The third kappa shape index (κ3) is 2.62. The van der Waals surface area contributed by atoms with Gasteiger partial charge < -0.3 is 10.3 Å². The highest BCUT2D eigenvalue weighted by Gasteiger charge is 2.05. The van der Waals surface area contributed by atoms with E-state index in [9.17, 15) is 4.79 Å². The Labute approximate surface area is 108 Å². The summed E-state index contributed by atoms with van der Waals surface area (Å²) in [5, 5.41) is 3.02. The smallest absolute Gasteiger partial charge is 0.278 e. The quantitative estimate of drug-likeness (QED) is 0.730. The zero-order valence-corrected chi connectivity index (χ0v) is 11.3. The van der Waals surface area contributed by atoms with Gasteiger partial charge in [-0.2, -0.15) is 4.98 Å². The number of imidazole rings is 1. The Morgan fingerprint density at radius 1 is 1.50 bits per heavy atom. The molecule has 6 nitrogen and oxygen atoms in total. The van der Waals surface area contributed by atoms with Crippen LogP contribution in [0.15, 0.2) is 11.1 Å². The molecule has 0 spiro atoms. The highest BCUT2D eigenvalue weighted by Crippen LogP contribution is 2.12. The second kappa shape index (κ2) is 4.96. The molecule has 8 heteroatoms. The first-order valence-electron chi connectivity index (χ1n) is 4.62. The average Bonchev–Trinajstić information content (AvgIpc) is 2.65. The fourth-order valence-electron chi connectivity index (χ4n) is 1.23. The van der Waals surface area contributed by atoms with Gasteiger partial charge >= 0.3 is 0 Å². The molecule has 2 rings (SSSR count).